The molecule has 0 bridgehead atoms. The number of rotatable bonds is 3. The molecule has 2 aromatic rings. The number of hydrogen-bond donors (Lipinski definition) is 1. The Bertz CT molecular complexity index is 460. The highest BCUT2D eigenvalue weighted by atomic mass is 16.3. The molecule has 1 aromatic carbocycles. The summed E-state index contributed by atoms with van der Waals surface area (Å²) in [5.74, 6) is 0.260. The van der Waals surface area contributed by atoms with E-state index in [0.29, 0.717) is 12.8 Å². The Morgan fingerprint density at radius 2 is 2.06 bits per heavy atom. The van der Waals surface area contributed by atoms with Gasteiger partial charge in [0.05, 0.1) is 0 Å². The zero-order valence-corrected chi connectivity index (χ0v) is 8.71. The monoisotopic (exact) mass is 216 g/mol. The molecule has 0 aliphatic heterocycles. The Kier molecular flexibility index (Phi) is 3.00. The number of benzene rings is 1. The highest BCUT2D eigenvalue weighted by Gasteiger charge is 2.04. The smallest absolute Gasteiger partial charge is 0.232 e. The van der Waals surface area contributed by atoms with Gasteiger partial charge in [-0.25, -0.2) is 4.98 Å². The number of aromatic nitrogens is 2. The first-order chi connectivity index (χ1) is 7.75. The Morgan fingerprint density at radius 3 is 2.69 bits per heavy atom. The van der Waals surface area contributed by atoms with E-state index in [2.05, 4.69) is 4.98 Å². The standard InChI is InChI=1S/C12H12N2O2/c15-11-4-1-10(2-5-11)3-6-12(16)14-8-7-13-9-14/h1-2,4-5,7-9,15H,3,6H2. The number of hydrogen-bond acceptors (Lipinski definition) is 3. The number of carbonyl (C=O) groups is 1. The molecule has 0 fully saturated rings. The molecule has 1 N–H and O–H groups in total. The van der Waals surface area contributed by atoms with Crippen LogP contribution in [-0.2, 0) is 6.42 Å². The van der Waals surface area contributed by atoms with Gasteiger partial charge in [0.15, 0.2) is 0 Å². The number of nitrogens with zero attached hydrogens (tertiary/aromatic N) is 2. The molecule has 0 atom stereocenters. The van der Waals surface area contributed by atoms with E-state index in [1.54, 1.807) is 24.5 Å². The highest BCUT2D eigenvalue weighted by molar-refractivity contribution is 5.78. The molecule has 1 heterocycles. The summed E-state index contributed by atoms with van der Waals surface area (Å²) in [6.45, 7) is 0. The lowest BCUT2D eigenvalue weighted by Crippen LogP contribution is -2.08. The van der Waals surface area contributed by atoms with Crippen LogP contribution in [0.25, 0.3) is 0 Å². The van der Waals surface area contributed by atoms with Gasteiger partial charge >= 0.3 is 0 Å². The first kappa shape index (κ1) is 10.4. The van der Waals surface area contributed by atoms with Gasteiger partial charge in [0.25, 0.3) is 0 Å². The quantitative estimate of drug-likeness (QED) is 0.852. The summed E-state index contributed by atoms with van der Waals surface area (Å²) in [4.78, 5) is 15.4. The van der Waals surface area contributed by atoms with Crippen LogP contribution in [0.3, 0.4) is 0 Å². The van der Waals surface area contributed by atoms with Crippen molar-refractivity contribution in [2.45, 2.75) is 12.8 Å². The average Bonchev–Trinajstić information content (AvgIpc) is 2.81. The fraction of sp³-hybridized carbons (Fsp3) is 0.167. The maximum atomic E-state index is 11.6. The van der Waals surface area contributed by atoms with E-state index >= 15 is 0 Å². The summed E-state index contributed by atoms with van der Waals surface area (Å²) in [6, 6.07) is 6.88. The summed E-state index contributed by atoms with van der Waals surface area (Å²) < 4.78 is 1.47. The van der Waals surface area contributed by atoms with E-state index in [1.807, 2.05) is 12.1 Å². The number of aryl methyl sites for hydroxylation is 1. The van der Waals surface area contributed by atoms with Gasteiger partial charge in [0.1, 0.15) is 12.1 Å². The fourth-order valence-corrected chi connectivity index (χ4v) is 1.45. The van der Waals surface area contributed by atoms with Crippen molar-refractivity contribution in [2.24, 2.45) is 0 Å². The third-order valence-electron chi connectivity index (χ3n) is 2.36. The van der Waals surface area contributed by atoms with Crippen LogP contribution in [0, 0.1) is 0 Å². The lowest BCUT2D eigenvalue weighted by Gasteiger charge is -2.02. The summed E-state index contributed by atoms with van der Waals surface area (Å²) in [7, 11) is 0. The van der Waals surface area contributed by atoms with Crippen molar-refractivity contribution < 1.29 is 9.90 Å². The largest absolute Gasteiger partial charge is 0.508 e. The normalized spacial score (nSPS) is 10.2. The summed E-state index contributed by atoms with van der Waals surface area (Å²) in [5, 5.41) is 9.10. The molecule has 82 valence electrons. The zero-order chi connectivity index (χ0) is 11.4. The predicted molar refractivity (Wildman–Crippen MR) is 59.3 cm³/mol. The topological polar surface area (TPSA) is 55.1 Å². The molecule has 0 saturated carbocycles. The van der Waals surface area contributed by atoms with E-state index in [-0.39, 0.29) is 11.7 Å². The first-order valence-corrected chi connectivity index (χ1v) is 5.05. The van der Waals surface area contributed by atoms with E-state index in [0.717, 1.165) is 5.56 Å². The van der Waals surface area contributed by atoms with E-state index < -0.39 is 0 Å². The Balaban J connectivity index is 1.93. The molecule has 0 aliphatic carbocycles. The van der Waals surface area contributed by atoms with Crippen molar-refractivity contribution in [3.8, 4) is 5.75 Å². The Labute approximate surface area is 93.2 Å². The van der Waals surface area contributed by atoms with Gasteiger partial charge < -0.3 is 5.11 Å². The van der Waals surface area contributed by atoms with E-state index in [9.17, 15) is 4.79 Å². The fourth-order valence-electron chi connectivity index (χ4n) is 1.45. The molecule has 1 aromatic heterocycles. The third kappa shape index (κ3) is 2.48. The van der Waals surface area contributed by atoms with Gasteiger partial charge in [-0.3, -0.25) is 9.36 Å². The molecule has 4 nitrogen and oxygen atoms in total. The Morgan fingerprint density at radius 1 is 1.31 bits per heavy atom. The van der Waals surface area contributed by atoms with Gasteiger partial charge in [-0.2, -0.15) is 0 Å². The maximum absolute atomic E-state index is 11.6. The summed E-state index contributed by atoms with van der Waals surface area (Å²) in [6.07, 6.45) is 5.81. The first-order valence-electron chi connectivity index (χ1n) is 5.05. The van der Waals surface area contributed by atoms with Crippen LogP contribution >= 0.6 is 0 Å². The molecular formula is C12H12N2O2. The van der Waals surface area contributed by atoms with Crippen molar-refractivity contribution >= 4 is 5.91 Å². The van der Waals surface area contributed by atoms with Gasteiger partial charge in [-0.1, -0.05) is 12.1 Å². The molecule has 0 amide bonds. The van der Waals surface area contributed by atoms with Crippen LogP contribution < -0.4 is 0 Å². The molecule has 0 aliphatic rings. The second kappa shape index (κ2) is 4.61. The number of phenols is 1. The van der Waals surface area contributed by atoms with Crippen LogP contribution in [0.1, 0.15) is 16.8 Å². The van der Waals surface area contributed by atoms with Crippen LogP contribution in [0.4, 0.5) is 0 Å². The lowest BCUT2D eigenvalue weighted by atomic mass is 10.1. The summed E-state index contributed by atoms with van der Waals surface area (Å²) >= 11 is 0. The lowest BCUT2D eigenvalue weighted by molar-refractivity contribution is 0.0903. The minimum Gasteiger partial charge on any atom is -0.508 e. The molecular weight excluding hydrogens is 204 g/mol. The molecule has 0 saturated heterocycles. The SMILES string of the molecule is O=C(CCc1ccc(O)cc1)n1ccnc1. The number of imidazole rings is 1. The molecule has 0 spiro atoms. The maximum Gasteiger partial charge on any atom is 0.232 e. The van der Waals surface area contributed by atoms with Gasteiger partial charge in [-0.05, 0) is 24.1 Å². The van der Waals surface area contributed by atoms with Crippen LogP contribution in [0.15, 0.2) is 43.0 Å². The molecule has 0 unspecified atom stereocenters. The van der Waals surface area contributed by atoms with Crippen molar-refractivity contribution in [2.75, 3.05) is 0 Å². The number of aromatic hydroxyl groups is 1. The zero-order valence-electron chi connectivity index (χ0n) is 8.71. The molecule has 2 rings (SSSR count). The second-order valence-electron chi connectivity index (χ2n) is 3.53. The number of carbonyl (C=O) groups excluding carboxylic acids is 1. The van der Waals surface area contributed by atoms with Gasteiger partial charge in [0.2, 0.25) is 5.91 Å². The predicted octanol–water partition coefficient (Wildman–Crippen LogP) is 1.86. The minimum absolute atomic E-state index is 0.0191. The van der Waals surface area contributed by atoms with Crippen molar-refractivity contribution in [3.63, 3.8) is 0 Å². The third-order valence-corrected chi connectivity index (χ3v) is 2.36. The highest BCUT2D eigenvalue weighted by Crippen LogP contribution is 2.11. The molecule has 0 radical (unpaired) electrons. The van der Waals surface area contributed by atoms with Crippen molar-refractivity contribution in [1.29, 1.82) is 0 Å². The van der Waals surface area contributed by atoms with Crippen LogP contribution in [0.5, 0.6) is 5.75 Å². The molecule has 16 heavy (non-hydrogen) atoms. The summed E-state index contributed by atoms with van der Waals surface area (Å²) in [5.41, 5.74) is 1.03. The second-order valence-corrected chi connectivity index (χ2v) is 3.53. The van der Waals surface area contributed by atoms with Gasteiger partial charge in [0, 0.05) is 18.8 Å². The van der Waals surface area contributed by atoms with Gasteiger partial charge in [-0.15, -0.1) is 0 Å². The van der Waals surface area contributed by atoms with Crippen LogP contribution in [0.2, 0.25) is 0 Å². The molecule has 4 heteroatoms. The van der Waals surface area contributed by atoms with E-state index in [4.69, 9.17) is 5.11 Å². The van der Waals surface area contributed by atoms with Crippen molar-refractivity contribution in [1.82, 2.24) is 9.55 Å². The van der Waals surface area contributed by atoms with Crippen LogP contribution in [-0.4, -0.2) is 20.6 Å². The van der Waals surface area contributed by atoms with Crippen molar-refractivity contribution in [3.05, 3.63) is 48.5 Å². The average molecular weight is 216 g/mol. The number of phenolic OH excluding ortho intramolecular Hbond substituents is 1. The minimum atomic E-state index is 0.0191. The van der Waals surface area contributed by atoms with E-state index in [1.165, 1.54) is 10.9 Å². The Hall–Kier alpha value is -2.10.